The Morgan fingerprint density at radius 1 is 1.06 bits per heavy atom. The van der Waals surface area contributed by atoms with Gasteiger partial charge in [-0.2, -0.15) is 0 Å². The summed E-state index contributed by atoms with van der Waals surface area (Å²) in [5.74, 6) is 0. The van der Waals surface area contributed by atoms with Gasteiger partial charge in [-0.1, -0.05) is 0 Å². The van der Waals surface area contributed by atoms with Crippen molar-refractivity contribution in [2.75, 3.05) is 26.7 Å². The van der Waals surface area contributed by atoms with E-state index in [1.807, 2.05) is 13.8 Å². The van der Waals surface area contributed by atoms with Gasteiger partial charge in [0.2, 0.25) is 0 Å². The predicted molar refractivity (Wildman–Crippen MR) is 75.8 cm³/mol. The van der Waals surface area contributed by atoms with Crippen molar-refractivity contribution in [2.24, 2.45) is 9.98 Å². The molecule has 0 radical (unpaired) electrons. The van der Waals surface area contributed by atoms with Gasteiger partial charge in [-0.15, -0.1) is 0 Å². The lowest BCUT2D eigenvalue weighted by Crippen LogP contribution is -2.44. The number of nitrogens with zero attached hydrogens (tertiary/aromatic N) is 3. The third-order valence-corrected chi connectivity index (χ3v) is 3.44. The van der Waals surface area contributed by atoms with Crippen LogP contribution in [-0.4, -0.2) is 49.3 Å². The fraction of sp³-hybridized carbons (Fsp3) is 0.929. The van der Waals surface area contributed by atoms with Gasteiger partial charge in [0, 0.05) is 0 Å². The fourth-order valence-corrected chi connectivity index (χ4v) is 1.62. The van der Waals surface area contributed by atoms with Gasteiger partial charge in [0.1, 0.15) is 0 Å². The molecule has 17 heavy (non-hydrogen) atoms. The molecule has 0 aromatic rings. The van der Waals surface area contributed by atoms with E-state index in [-0.39, 0.29) is 0 Å². The Labute approximate surface area is 107 Å². The Morgan fingerprint density at radius 2 is 1.65 bits per heavy atom. The molecule has 0 bridgehead atoms. The van der Waals surface area contributed by atoms with E-state index in [4.69, 9.17) is 0 Å². The highest BCUT2D eigenvalue weighted by molar-refractivity contribution is 5.41. The molecule has 0 unspecified atom stereocenters. The van der Waals surface area contributed by atoms with E-state index in [9.17, 15) is 0 Å². The SMILES string of the molecule is CC[N+](C)(CC)CCC[C@H](C)N=C=NC(C)C. The largest absolute Gasteiger partial charge is 0.327 e. The van der Waals surface area contributed by atoms with Crippen molar-refractivity contribution < 1.29 is 4.48 Å². The van der Waals surface area contributed by atoms with Crippen LogP contribution in [0.2, 0.25) is 0 Å². The Bertz CT molecular complexity index is 248. The molecule has 100 valence electrons. The molecule has 0 spiro atoms. The van der Waals surface area contributed by atoms with Crippen LogP contribution in [0.1, 0.15) is 47.5 Å². The molecule has 0 aromatic carbocycles. The van der Waals surface area contributed by atoms with Crippen LogP contribution in [-0.2, 0) is 0 Å². The van der Waals surface area contributed by atoms with Crippen LogP contribution in [0.25, 0.3) is 0 Å². The molecule has 0 heterocycles. The standard InChI is InChI=1S/C14H30N3/c1-7-17(6,8-2)11-9-10-14(5)16-12-15-13(3)4/h13-14H,7-11H2,1-6H3/q+1/t14-/m0/s1. The molecule has 3 heteroatoms. The van der Waals surface area contributed by atoms with Crippen molar-refractivity contribution in [3.8, 4) is 0 Å². The Kier molecular flexibility index (Phi) is 8.11. The van der Waals surface area contributed by atoms with Crippen LogP contribution >= 0.6 is 0 Å². The van der Waals surface area contributed by atoms with Crippen LogP contribution in [0, 0.1) is 0 Å². The molecule has 0 fully saturated rings. The van der Waals surface area contributed by atoms with E-state index in [2.05, 4.69) is 43.8 Å². The first-order valence-electron chi connectivity index (χ1n) is 6.91. The summed E-state index contributed by atoms with van der Waals surface area (Å²) in [5, 5.41) is 0. The third kappa shape index (κ3) is 8.12. The highest BCUT2D eigenvalue weighted by atomic mass is 15.3. The fourth-order valence-electron chi connectivity index (χ4n) is 1.62. The van der Waals surface area contributed by atoms with Gasteiger partial charge in [-0.05, 0) is 47.5 Å². The highest BCUT2D eigenvalue weighted by Crippen LogP contribution is 2.07. The Morgan fingerprint density at radius 3 is 2.12 bits per heavy atom. The lowest BCUT2D eigenvalue weighted by atomic mass is 10.1. The minimum Gasteiger partial charge on any atom is -0.327 e. The second-order valence-electron chi connectivity index (χ2n) is 5.42. The topological polar surface area (TPSA) is 24.7 Å². The number of hydrogen-bond donors (Lipinski definition) is 0. The number of aliphatic imine (C=N–C) groups is 2. The first kappa shape index (κ1) is 16.3. The van der Waals surface area contributed by atoms with Gasteiger partial charge in [0.15, 0.2) is 0 Å². The maximum Gasteiger partial charge on any atom is 0.0898 e. The molecule has 0 aromatic heterocycles. The van der Waals surface area contributed by atoms with E-state index in [1.165, 1.54) is 26.1 Å². The van der Waals surface area contributed by atoms with Gasteiger partial charge in [0.05, 0.1) is 44.8 Å². The molecule has 0 aliphatic heterocycles. The summed E-state index contributed by atoms with van der Waals surface area (Å²) in [6.07, 6.45) is 2.36. The molecular formula is C14H30N3+. The summed E-state index contributed by atoms with van der Waals surface area (Å²) in [6.45, 7) is 14.4. The Hall–Kier alpha value is -0.660. The van der Waals surface area contributed by atoms with Crippen LogP contribution in [0.5, 0.6) is 0 Å². The lowest BCUT2D eigenvalue weighted by molar-refractivity contribution is -0.906. The average Bonchev–Trinajstić information content (AvgIpc) is 2.28. The van der Waals surface area contributed by atoms with Crippen molar-refractivity contribution in [3.05, 3.63) is 0 Å². The second-order valence-corrected chi connectivity index (χ2v) is 5.42. The smallest absolute Gasteiger partial charge is 0.0898 e. The summed E-state index contributed by atoms with van der Waals surface area (Å²) in [6, 6.07) is 3.45. The summed E-state index contributed by atoms with van der Waals surface area (Å²) >= 11 is 0. The molecule has 0 saturated heterocycles. The van der Waals surface area contributed by atoms with Gasteiger partial charge >= 0.3 is 0 Å². The molecule has 0 aliphatic carbocycles. The van der Waals surface area contributed by atoms with Crippen molar-refractivity contribution >= 4 is 6.01 Å². The molecule has 0 amide bonds. The van der Waals surface area contributed by atoms with Crippen LogP contribution in [0.15, 0.2) is 9.98 Å². The maximum absolute atomic E-state index is 4.31. The number of hydrogen-bond acceptors (Lipinski definition) is 2. The number of rotatable bonds is 8. The van der Waals surface area contributed by atoms with E-state index in [1.54, 1.807) is 0 Å². The highest BCUT2D eigenvalue weighted by Gasteiger charge is 2.15. The average molecular weight is 240 g/mol. The zero-order chi connectivity index (χ0) is 13.3. The summed E-state index contributed by atoms with van der Waals surface area (Å²) in [4.78, 5) is 8.45. The van der Waals surface area contributed by atoms with Crippen LogP contribution < -0.4 is 0 Å². The zero-order valence-corrected chi connectivity index (χ0v) is 12.5. The van der Waals surface area contributed by atoms with Gasteiger partial charge in [-0.25, -0.2) is 9.98 Å². The second kappa shape index (κ2) is 8.43. The quantitative estimate of drug-likeness (QED) is 0.460. The molecule has 1 atom stereocenters. The van der Waals surface area contributed by atoms with Crippen molar-refractivity contribution in [2.45, 2.75) is 59.5 Å². The molecule has 0 saturated carbocycles. The summed E-state index contributed by atoms with van der Waals surface area (Å²) in [5.41, 5.74) is 0. The molecular weight excluding hydrogens is 210 g/mol. The van der Waals surface area contributed by atoms with E-state index in [0.717, 1.165) is 10.9 Å². The van der Waals surface area contributed by atoms with E-state index >= 15 is 0 Å². The van der Waals surface area contributed by atoms with E-state index in [0.29, 0.717) is 12.1 Å². The first-order chi connectivity index (χ1) is 7.93. The van der Waals surface area contributed by atoms with Gasteiger partial charge < -0.3 is 4.48 Å². The van der Waals surface area contributed by atoms with Gasteiger partial charge in [-0.3, -0.25) is 0 Å². The third-order valence-electron chi connectivity index (χ3n) is 3.44. The van der Waals surface area contributed by atoms with Crippen molar-refractivity contribution in [1.82, 2.24) is 0 Å². The molecule has 0 N–H and O–H groups in total. The van der Waals surface area contributed by atoms with Crippen molar-refractivity contribution in [3.63, 3.8) is 0 Å². The Balaban J connectivity index is 3.93. The van der Waals surface area contributed by atoms with Crippen LogP contribution in [0.4, 0.5) is 0 Å². The van der Waals surface area contributed by atoms with Gasteiger partial charge in [0.25, 0.3) is 0 Å². The minimum absolute atomic E-state index is 0.297. The van der Waals surface area contributed by atoms with E-state index < -0.39 is 0 Å². The first-order valence-corrected chi connectivity index (χ1v) is 6.91. The summed E-state index contributed by atoms with van der Waals surface area (Å²) < 4.78 is 1.16. The van der Waals surface area contributed by atoms with Crippen molar-refractivity contribution in [1.29, 1.82) is 0 Å². The normalized spacial score (nSPS) is 13.4. The molecule has 0 aliphatic rings. The molecule has 0 rings (SSSR count). The lowest BCUT2D eigenvalue weighted by Gasteiger charge is -2.32. The van der Waals surface area contributed by atoms with Crippen LogP contribution in [0.3, 0.4) is 0 Å². The monoisotopic (exact) mass is 240 g/mol. The molecule has 3 nitrogen and oxygen atoms in total. The maximum atomic E-state index is 4.31. The summed E-state index contributed by atoms with van der Waals surface area (Å²) in [7, 11) is 2.33. The predicted octanol–water partition coefficient (Wildman–Crippen LogP) is 3.22. The minimum atomic E-state index is 0.297. The zero-order valence-electron chi connectivity index (χ0n) is 12.5. The number of quaternary nitrogens is 1.